The zero-order chi connectivity index (χ0) is 25.2. The number of aromatic nitrogens is 2. The van der Waals surface area contributed by atoms with Crippen LogP contribution in [0.3, 0.4) is 0 Å². The molecular weight excluding hydrogens is 452 g/mol. The molecule has 1 saturated carbocycles. The van der Waals surface area contributed by atoms with E-state index in [1.165, 1.54) is 6.92 Å². The first kappa shape index (κ1) is 25.0. The molecule has 0 bridgehead atoms. The van der Waals surface area contributed by atoms with E-state index in [9.17, 15) is 19.5 Å². The number of carbonyl (C=O) groups excluding carboxylic acids is 3. The lowest BCUT2D eigenvalue weighted by Crippen LogP contribution is -2.75. The van der Waals surface area contributed by atoms with Gasteiger partial charge >= 0.3 is 0 Å². The minimum Gasteiger partial charge on any atom is -0.385 e. The lowest BCUT2D eigenvalue weighted by Gasteiger charge is -2.44. The number of anilines is 1. The first-order valence-corrected chi connectivity index (χ1v) is 11.9. The van der Waals surface area contributed by atoms with Gasteiger partial charge in [0.1, 0.15) is 5.82 Å². The number of nitrogens with one attached hydrogen (secondary N) is 3. The van der Waals surface area contributed by atoms with Gasteiger partial charge in [-0.15, -0.1) is 0 Å². The molecule has 11 heteroatoms. The van der Waals surface area contributed by atoms with E-state index < -0.39 is 17.4 Å². The van der Waals surface area contributed by atoms with Gasteiger partial charge in [-0.2, -0.15) is 0 Å². The van der Waals surface area contributed by atoms with Crippen LogP contribution in [0.5, 0.6) is 0 Å². The number of hydrogen-bond donors (Lipinski definition) is 4. The SMILES string of the molecule is COCCCNC(=O)c1nc(N[C@H]2CCCC[C@H]2NN2C(=O)C(C)(O)C2=O)c2cc(C)ccc2n1. The third-order valence-electron chi connectivity index (χ3n) is 6.49. The average Bonchev–Trinajstić information content (AvgIpc) is 2.85. The molecule has 4 rings (SSSR count). The van der Waals surface area contributed by atoms with Crippen molar-refractivity contribution in [3.8, 4) is 0 Å². The van der Waals surface area contributed by atoms with Crippen LogP contribution in [0.4, 0.5) is 5.82 Å². The summed E-state index contributed by atoms with van der Waals surface area (Å²) in [5.41, 5.74) is 2.68. The minimum absolute atomic E-state index is 0.0609. The van der Waals surface area contributed by atoms with Gasteiger partial charge in [-0.05, 0) is 45.2 Å². The molecule has 3 amide bonds. The van der Waals surface area contributed by atoms with Gasteiger partial charge in [-0.1, -0.05) is 24.5 Å². The van der Waals surface area contributed by atoms with Crippen LogP contribution in [0.25, 0.3) is 10.9 Å². The average molecular weight is 485 g/mol. The predicted octanol–water partition coefficient (Wildman–Crippen LogP) is 1.05. The molecule has 188 valence electrons. The summed E-state index contributed by atoms with van der Waals surface area (Å²) in [5.74, 6) is -1.12. The van der Waals surface area contributed by atoms with Gasteiger partial charge in [0, 0.05) is 37.7 Å². The maximum atomic E-state index is 12.7. The molecule has 1 aromatic heterocycles. The van der Waals surface area contributed by atoms with Gasteiger partial charge in [-0.25, -0.2) is 20.4 Å². The van der Waals surface area contributed by atoms with Gasteiger partial charge in [-0.3, -0.25) is 14.4 Å². The Kier molecular flexibility index (Phi) is 7.29. The molecule has 2 atom stereocenters. The van der Waals surface area contributed by atoms with Crippen molar-refractivity contribution in [2.75, 3.05) is 25.6 Å². The number of β-lactam (4-membered cyclic amide) rings is 2. The summed E-state index contributed by atoms with van der Waals surface area (Å²) < 4.78 is 5.02. The number of ether oxygens (including phenoxy) is 1. The standard InChI is InChI=1S/C24H32N6O5/c1-14-9-10-16-15(13-14)19(28-20(26-16)21(31)25-11-6-12-35-3)27-17-7-4-5-8-18(17)29-30-22(32)24(2,34)23(30)33/h9-10,13,17-18,29,34H,4-8,11-12H2,1-3H3,(H,25,31)(H,26,27,28)/t17-,18+/m0/s1. The van der Waals surface area contributed by atoms with E-state index in [4.69, 9.17) is 4.74 Å². The lowest BCUT2D eigenvalue weighted by atomic mass is 9.89. The van der Waals surface area contributed by atoms with Crippen molar-refractivity contribution < 1.29 is 24.2 Å². The normalized spacial score (nSPS) is 21.7. The quantitative estimate of drug-likeness (QED) is 0.233. The summed E-state index contributed by atoms with van der Waals surface area (Å²) in [6, 6.07) is 5.34. The minimum atomic E-state index is -1.98. The molecule has 1 saturated heterocycles. The van der Waals surface area contributed by atoms with Crippen LogP contribution in [0.15, 0.2) is 18.2 Å². The zero-order valence-corrected chi connectivity index (χ0v) is 20.3. The number of imide groups is 1. The molecule has 0 radical (unpaired) electrons. The van der Waals surface area contributed by atoms with Crippen molar-refractivity contribution in [3.63, 3.8) is 0 Å². The summed E-state index contributed by atoms with van der Waals surface area (Å²) in [5, 5.41) is 17.9. The van der Waals surface area contributed by atoms with E-state index in [2.05, 4.69) is 26.0 Å². The van der Waals surface area contributed by atoms with Crippen LogP contribution in [-0.2, 0) is 14.3 Å². The van der Waals surface area contributed by atoms with Gasteiger partial charge in [0.15, 0.2) is 0 Å². The van der Waals surface area contributed by atoms with Crippen molar-refractivity contribution in [2.45, 2.75) is 63.6 Å². The second kappa shape index (κ2) is 10.2. The second-order valence-electron chi connectivity index (χ2n) is 9.31. The summed E-state index contributed by atoms with van der Waals surface area (Å²) in [6.45, 7) is 4.15. The molecule has 4 N–H and O–H groups in total. The molecule has 1 aliphatic heterocycles. The smallest absolute Gasteiger partial charge is 0.289 e. The molecule has 2 aromatic rings. The Bertz CT molecular complexity index is 1120. The summed E-state index contributed by atoms with van der Waals surface area (Å²) >= 11 is 0. The van der Waals surface area contributed by atoms with Crippen LogP contribution < -0.4 is 16.1 Å². The Labute approximate surface area is 203 Å². The number of aliphatic hydroxyl groups is 1. The highest BCUT2D eigenvalue weighted by Gasteiger charge is 2.58. The second-order valence-corrected chi connectivity index (χ2v) is 9.31. The van der Waals surface area contributed by atoms with Gasteiger partial charge in [0.25, 0.3) is 17.7 Å². The number of carbonyl (C=O) groups is 3. The van der Waals surface area contributed by atoms with Crippen molar-refractivity contribution >= 4 is 34.4 Å². The Morgan fingerprint density at radius 3 is 2.63 bits per heavy atom. The molecule has 0 spiro atoms. The molecule has 35 heavy (non-hydrogen) atoms. The zero-order valence-electron chi connectivity index (χ0n) is 20.3. The van der Waals surface area contributed by atoms with E-state index in [1.807, 2.05) is 25.1 Å². The van der Waals surface area contributed by atoms with Crippen LogP contribution in [-0.4, -0.2) is 75.8 Å². The number of nitrogens with zero attached hydrogens (tertiary/aromatic N) is 3. The highest BCUT2D eigenvalue weighted by atomic mass is 16.5. The highest BCUT2D eigenvalue weighted by Crippen LogP contribution is 2.29. The molecular formula is C24H32N6O5. The Morgan fingerprint density at radius 2 is 1.91 bits per heavy atom. The number of hydrogen-bond acceptors (Lipinski definition) is 9. The van der Waals surface area contributed by atoms with E-state index >= 15 is 0 Å². The molecule has 11 nitrogen and oxygen atoms in total. The Morgan fingerprint density at radius 1 is 1.20 bits per heavy atom. The molecule has 0 unspecified atom stereocenters. The maximum absolute atomic E-state index is 12.7. The van der Waals surface area contributed by atoms with Gasteiger partial charge in [0.2, 0.25) is 11.4 Å². The van der Waals surface area contributed by atoms with E-state index in [-0.39, 0.29) is 23.8 Å². The fourth-order valence-electron chi connectivity index (χ4n) is 4.43. The predicted molar refractivity (Wildman–Crippen MR) is 128 cm³/mol. The van der Waals surface area contributed by atoms with E-state index in [0.717, 1.165) is 41.6 Å². The fraction of sp³-hybridized carbons (Fsp3) is 0.542. The number of fused-ring (bicyclic) bond motifs is 1. The third-order valence-corrected chi connectivity index (χ3v) is 6.49. The molecule has 1 aliphatic carbocycles. The summed E-state index contributed by atoms with van der Waals surface area (Å²) in [6.07, 6.45) is 4.08. The number of hydrazine groups is 1. The van der Waals surface area contributed by atoms with Gasteiger partial charge in [0.05, 0.1) is 5.52 Å². The summed E-state index contributed by atoms with van der Waals surface area (Å²) in [7, 11) is 1.61. The van der Waals surface area contributed by atoms with Crippen LogP contribution >= 0.6 is 0 Å². The number of methoxy groups -OCH3 is 1. The monoisotopic (exact) mass is 484 g/mol. The maximum Gasteiger partial charge on any atom is 0.289 e. The topological polar surface area (TPSA) is 146 Å². The van der Waals surface area contributed by atoms with Crippen LogP contribution in [0, 0.1) is 6.92 Å². The lowest BCUT2D eigenvalue weighted by molar-refractivity contribution is -0.192. The number of benzene rings is 1. The molecule has 2 fully saturated rings. The van der Waals surface area contributed by atoms with Crippen molar-refractivity contribution in [2.24, 2.45) is 0 Å². The van der Waals surface area contributed by atoms with Crippen molar-refractivity contribution in [1.82, 2.24) is 25.7 Å². The van der Waals surface area contributed by atoms with E-state index in [0.29, 0.717) is 30.9 Å². The Hall–Kier alpha value is -3.15. The molecule has 1 aromatic carbocycles. The largest absolute Gasteiger partial charge is 0.385 e. The first-order chi connectivity index (χ1) is 16.7. The van der Waals surface area contributed by atoms with Gasteiger partial charge < -0.3 is 20.5 Å². The van der Waals surface area contributed by atoms with Crippen molar-refractivity contribution in [3.05, 3.63) is 29.6 Å². The third kappa shape index (κ3) is 5.12. The Balaban J connectivity index is 1.57. The van der Waals surface area contributed by atoms with E-state index in [1.54, 1.807) is 7.11 Å². The van der Waals surface area contributed by atoms with Crippen LogP contribution in [0.2, 0.25) is 0 Å². The van der Waals surface area contributed by atoms with Crippen LogP contribution in [0.1, 0.15) is 55.2 Å². The highest BCUT2D eigenvalue weighted by molar-refractivity contribution is 6.23. The fourth-order valence-corrected chi connectivity index (χ4v) is 4.43. The number of rotatable bonds is 9. The number of amides is 3. The molecule has 2 heterocycles. The number of aryl methyl sites for hydroxylation is 1. The first-order valence-electron chi connectivity index (χ1n) is 11.9. The van der Waals surface area contributed by atoms with Crippen molar-refractivity contribution in [1.29, 1.82) is 0 Å². The molecule has 2 aliphatic rings. The summed E-state index contributed by atoms with van der Waals surface area (Å²) in [4.78, 5) is 46.1.